The maximum Gasteiger partial charge on any atom is 0.345 e. The number of benzene rings is 2. The second kappa shape index (κ2) is 8.49. The lowest BCUT2D eigenvalue weighted by Gasteiger charge is -2.09. The van der Waals surface area contributed by atoms with Crippen LogP contribution in [0.5, 0.6) is 11.5 Å². The molecule has 0 aliphatic carbocycles. The third-order valence-electron chi connectivity index (χ3n) is 3.96. The smallest absolute Gasteiger partial charge is 0.345 e. The normalized spacial score (nSPS) is 10.9. The Balaban J connectivity index is 1.45. The van der Waals surface area contributed by atoms with Gasteiger partial charge in [-0.2, -0.15) is 5.10 Å². The molecule has 4 rings (SSSR count). The second-order valence-corrected chi connectivity index (χ2v) is 6.93. The number of nitrogens with zero attached hydrogens (tertiary/aromatic N) is 3. The van der Waals surface area contributed by atoms with Crippen LogP contribution in [0.25, 0.3) is 10.2 Å². The van der Waals surface area contributed by atoms with Crippen molar-refractivity contribution in [2.75, 3.05) is 12.5 Å². The molecule has 4 aromatic rings. The Labute approximate surface area is 170 Å². The van der Waals surface area contributed by atoms with Crippen LogP contribution in [0.1, 0.15) is 15.9 Å². The van der Waals surface area contributed by atoms with E-state index in [0.717, 1.165) is 15.8 Å². The van der Waals surface area contributed by atoms with Crippen LogP contribution in [-0.2, 0) is 0 Å². The molecule has 0 atom stereocenters. The van der Waals surface area contributed by atoms with Gasteiger partial charge in [0, 0.05) is 12.4 Å². The predicted octanol–water partition coefficient (Wildman–Crippen LogP) is 4.37. The van der Waals surface area contributed by atoms with Gasteiger partial charge in [0.05, 0.1) is 29.1 Å². The molecule has 2 aromatic heterocycles. The highest BCUT2D eigenvalue weighted by molar-refractivity contribution is 7.22. The number of fused-ring (bicyclic) bond motifs is 1. The fraction of sp³-hybridized carbons (Fsp3) is 0.0476. The summed E-state index contributed by atoms with van der Waals surface area (Å²) in [6.07, 6.45) is 4.68. The quantitative estimate of drug-likeness (QED) is 0.222. The van der Waals surface area contributed by atoms with Gasteiger partial charge in [0.1, 0.15) is 0 Å². The lowest BCUT2D eigenvalue weighted by Crippen LogP contribution is -2.09. The number of esters is 1. The Hall–Kier alpha value is -3.78. The van der Waals surface area contributed by atoms with E-state index in [2.05, 4.69) is 20.5 Å². The van der Waals surface area contributed by atoms with Gasteiger partial charge < -0.3 is 9.47 Å². The highest BCUT2D eigenvalue weighted by Gasteiger charge is 2.12. The molecule has 29 heavy (non-hydrogen) atoms. The number of methoxy groups -OCH3 is 1. The summed E-state index contributed by atoms with van der Waals surface area (Å²) >= 11 is 1.52. The highest BCUT2D eigenvalue weighted by Crippen LogP contribution is 2.29. The molecule has 0 unspecified atom stereocenters. The molecule has 0 saturated heterocycles. The zero-order valence-electron chi connectivity index (χ0n) is 15.4. The maximum absolute atomic E-state index is 12.2. The number of hydrazone groups is 1. The summed E-state index contributed by atoms with van der Waals surface area (Å²) < 4.78 is 11.8. The Morgan fingerprint density at radius 2 is 2.03 bits per heavy atom. The number of carbonyl (C=O) groups excluding carboxylic acids is 1. The van der Waals surface area contributed by atoms with Crippen LogP contribution in [0, 0.1) is 0 Å². The summed E-state index contributed by atoms with van der Waals surface area (Å²) in [5.41, 5.74) is 5.00. The van der Waals surface area contributed by atoms with Crippen LogP contribution in [-0.4, -0.2) is 29.3 Å². The number of pyridine rings is 1. The van der Waals surface area contributed by atoms with Gasteiger partial charge >= 0.3 is 5.97 Å². The minimum Gasteiger partial charge on any atom is -0.493 e. The van der Waals surface area contributed by atoms with E-state index in [4.69, 9.17) is 9.47 Å². The van der Waals surface area contributed by atoms with E-state index < -0.39 is 5.97 Å². The monoisotopic (exact) mass is 404 g/mol. The first-order valence-corrected chi connectivity index (χ1v) is 9.49. The largest absolute Gasteiger partial charge is 0.493 e. The predicted molar refractivity (Wildman–Crippen MR) is 113 cm³/mol. The summed E-state index contributed by atoms with van der Waals surface area (Å²) in [6.45, 7) is 0. The maximum atomic E-state index is 12.2. The highest BCUT2D eigenvalue weighted by atomic mass is 32.1. The molecule has 7 nitrogen and oxygen atoms in total. The van der Waals surface area contributed by atoms with E-state index >= 15 is 0 Å². The van der Waals surface area contributed by atoms with Crippen LogP contribution in [0.3, 0.4) is 0 Å². The SMILES string of the molecule is COc1cc(/C=N\Nc2nc3ccccc3s2)ccc1OC(=O)c1cccnc1. The third kappa shape index (κ3) is 4.39. The third-order valence-corrected chi connectivity index (χ3v) is 4.90. The molecule has 0 saturated carbocycles. The molecule has 0 amide bonds. The van der Waals surface area contributed by atoms with E-state index in [1.165, 1.54) is 24.6 Å². The van der Waals surface area contributed by atoms with Crippen LogP contribution >= 0.6 is 11.3 Å². The molecule has 2 heterocycles. The average Bonchev–Trinajstić information content (AvgIpc) is 3.18. The number of thiazole rings is 1. The fourth-order valence-corrected chi connectivity index (χ4v) is 3.39. The van der Waals surface area contributed by atoms with Gasteiger partial charge in [0.15, 0.2) is 11.5 Å². The molecule has 1 N–H and O–H groups in total. The van der Waals surface area contributed by atoms with Gasteiger partial charge in [-0.15, -0.1) is 0 Å². The summed E-state index contributed by atoms with van der Waals surface area (Å²) in [5.74, 6) is 0.235. The van der Waals surface area contributed by atoms with Crippen LogP contribution in [0.2, 0.25) is 0 Å². The Bertz CT molecular complexity index is 1140. The number of hydrogen-bond acceptors (Lipinski definition) is 8. The minimum absolute atomic E-state index is 0.317. The van der Waals surface area contributed by atoms with Crippen molar-refractivity contribution < 1.29 is 14.3 Å². The fourth-order valence-electron chi connectivity index (χ4n) is 2.57. The molecule has 0 fully saturated rings. The van der Waals surface area contributed by atoms with Crippen LogP contribution in [0.15, 0.2) is 72.1 Å². The van der Waals surface area contributed by atoms with Gasteiger partial charge in [0.25, 0.3) is 0 Å². The van der Waals surface area contributed by atoms with Gasteiger partial charge in [-0.3, -0.25) is 10.4 Å². The van der Waals surface area contributed by atoms with Crippen molar-refractivity contribution in [3.8, 4) is 11.5 Å². The summed E-state index contributed by atoms with van der Waals surface area (Å²) in [5, 5.41) is 4.93. The van der Waals surface area contributed by atoms with Gasteiger partial charge in [-0.25, -0.2) is 9.78 Å². The number of rotatable bonds is 6. The molecule has 144 valence electrons. The lowest BCUT2D eigenvalue weighted by atomic mass is 10.2. The van der Waals surface area contributed by atoms with E-state index in [9.17, 15) is 4.79 Å². The van der Waals surface area contributed by atoms with Gasteiger partial charge in [-0.05, 0) is 48.0 Å². The van der Waals surface area contributed by atoms with Crippen molar-refractivity contribution in [3.05, 3.63) is 78.1 Å². The molecule has 0 aliphatic heterocycles. The molecule has 0 spiro atoms. The Morgan fingerprint density at radius 3 is 2.83 bits per heavy atom. The van der Waals surface area contributed by atoms with Crippen molar-refractivity contribution in [1.29, 1.82) is 0 Å². The number of anilines is 1. The second-order valence-electron chi connectivity index (χ2n) is 5.90. The van der Waals surface area contributed by atoms with Crippen LogP contribution < -0.4 is 14.9 Å². The van der Waals surface area contributed by atoms with Crippen molar-refractivity contribution >= 4 is 38.9 Å². The van der Waals surface area contributed by atoms with Crippen molar-refractivity contribution in [2.45, 2.75) is 0 Å². The van der Waals surface area contributed by atoms with E-state index in [1.54, 1.807) is 42.7 Å². The molecule has 0 radical (unpaired) electrons. The van der Waals surface area contributed by atoms with E-state index in [0.29, 0.717) is 22.2 Å². The molecule has 0 bridgehead atoms. The van der Waals surface area contributed by atoms with Crippen molar-refractivity contribution in [2.24, 2.45) is 5.10 Å². The number of ether oxygens (including phenoxy) is 2. The van der Waals surface area contributed by atoms with E-state index in [1.807, 2.05) is 24.3 Å². The van der Waals surface area contributed by atoms with Gasteiger partial charge in [0.2, 0.25) is 5.13 Å². The number of hydrogen-bond donors (Lipinski definition) is 1. The molecular weight excluding hydrogens is 388 g/mol. The van der Waals surface area contributed by atoms with Crippen molar-refractivity contribution in [1.82, 2.24) is 9.97 Å². The number of para-hydroxylation sites is 1. The zero-order valence-corrected chi connectivity index (χ0v) is 16.2. The summed E-state index contributed by atoms with van der Waals surface area (Å²) in [6, 6.07) is 16.4. The summed E-state index contributed by atoms with van der Waals surface area (Å²) in [7, 11) is 1.51. The molecule has 0 aliphatic rings. The van der Waals surface area contributed by atoms with Crippen molar-refractivity contribution in [3.63, 3.8) is 0 Å². The topological polar surface area (TPSA) is 85.7 Å². The molecule has 2 aromatic carbocycles. The number of nitrogens with one attached hydrogen (secondary N) is 1. The molecule has 8 heteroatoms. The van der Waals surface area contributed by atoms with Gasteiger partial charge in [-0.1, -0.05) is 23.5 Å². The number of aromatic nitrogens is 2. The summed E-state index contributed by atoms with van der Waals surface area (Å²) in [4.78, 5) is 20.6. The number of carbonyl (C=O) groups is 1. The van der Waals surface area contributed by atoms with E-state index in [-0.39, 0.29) is 0 Å². The minimum atomic E-state index is -0.504. The first kappa shape index (κ1) is 18.6. The Kier molecular flexibility index (Phi) is 5.44. The zero-order chi connectivity index (χ0) is 20.1. The van der Waals surface area contributed by atoms with Crippen LogP contribution in [0.4, 0.5) is 5.13 Å². The first-order valence-electron chi connectivity index (χ1n) is 8.68. The lowest BCUT2D eigenvalue weighted by molar-refractivity contribution is 0.0729. The standard InChI is InChI=1S/C21H16N4O3S/c1-27-18-11-14(8-9-17(18)28-20(26)15-5-4-10-22-13-15)12-23-25-21-24-16-6-2-3-7-19(16)29-21/h2-13H,1H3,(H,24,25)/b23-12-. The average molecular weight is 404 g/mol. The molecular formula is C21H16N4O3S. The first-order chi connectivity index (χ1) is 14.2. The Morgan fingerprint density at radius 1 is 1.14 bits per heavy atom.